The van der Waals surface area contributed by atoms with E-state index in [1.807, 2.05) is 25.1 Å². The van der Waals surface area contributed by atoms with Crippen LogP contribution in [0.1, 0.15) is 25.5 Å². The molecule has 0 fully saturated rings. The van der Waals surface area contributed by atoms with E-state index in [0.29, 0.717) is 11.8 Å². The van der Waals surface area contributed by atoms with Crippen LogP contribution in [0.3, 0.4) is 0 Å². The summed E-state index contributed by atoms with van der Waals surface area (Å²) in [6.45, 7) is 4.76. The number of benzene rings is 1. The third kappa shape index (κ3) is 3.86. The molecule has 0 bridgehead atoms. The van der Waals surface area contributed by atoms with Crippen LogP contribution in [-0.2, 0) is 0 Å². The van der Waals surface area contributed by atoms with Crippen molar-refractivity contribution in [1.82, 2.24) is 4.98 Å². The molecule has 0 amide bonds. The van der Waals surface area contributed by atoms with Crippen molar-refractivity contribution in [2.24, 2.45) is 0 Å². The molecule has 3 nitrogen and oxygen atoms in total. The van der Waals surface area contributed by atoms with Crippen LogP contribution >= 0.6 is 11.6 Å². The molecule has 0 aliphatic carbocycles. The third-order valence-electron chi connectivity index (χ3n) is 2.80. The minimum Gasteiger partial charge on any atom is -0.494 e. The predicted octanol–water partition coefficient (Wildman–Crippen LogP) is 4.31. The summed E-state index contributed by atoms with van der Waals surface area (Å²) in [6, 6.07) is 12.0. The summed E-state index contributed by atoms with van der Waals surface area (Å²) in [5, 5.41) is 3.87. The van der Waals surface area contributed by atoms with Crippen LogP contribution < -0.4 is 10.1 Å². The quantitative estimate of drug-likeness (QED) is 0.827. The van der Waals surface area contributed by atoms with Gasteiger partial charge < -0.3 is 10.1 Å². The Morgan fingerprint density at radius 3 is 2.53 bits per heavy atom. The van der Waals surface area contributed by atoms with Crippen molar-refractivity contribution >= 4 is 17.3 Å². The molecule has 0 aliphatic heterocycles. The highest BCUT2D eigenvalue weighted by atomic mass is 35.5. The monoisotopic (exact) mass is 276 g/mol. The van der Waals surface area contributed by atoms with Gasteiger partial charge in [0.15, 0.2) is 0 Å². The van der Waals surface area contributed by atoms with E-state index < -0.39 is 0 Å². The van der Waals surface area contributed by atoms with E-state index in [2.05, 4.69) is 29.4 Å². The first kappa shape index (κ1) is 13.7. The maximum absolute atomic E-state index is 5.76. The molecule has 2 rings (SSSR count). The summed E-state index contributed by atoms with van der Waals surface area (Å²) in [5.74, 6) is 0.895. The maximum Gasteiger partial charge on any atom is 0.129 e. The topological polar surface area (TPSA) is 34.1 Å². The fourth-order valence-electron chi connectivity index (χ4n) is 1.81. The minimum absolute atomic E-state index is 0.193. The van der Waals surface area contributed by atoms with Gasteiger partial charge >= 0.3 is 0 Å². The zero-order valence-corrected chi connectivity index (χ0v) is 11.8. The fraction of sp³-hybridized carbons (Fsp3) is 0.267. The standard InChI is InChI=1S/C15H17ClN2O/c1-3-19-14-7-4-12(5-8-14)11(2)18-13-6-9-15(16)17-10-13/h4-11,18H,3H2,1-2H3. The van der Waals surface area contributed by atoms with Gasteiger partial charge in [0.05, 0.1) is 18.5 Å². The smallest absolute Gasteiger partial charge is 0.129 e. The molecule has 1 heterocycles. The Hall–Kier alpha value is -1.74. The van der Waals surface area contributed by atoms with Gasteiger partial charge in [0.1, 0.15) is 10.9 Å². The van der Waals surface area contributed by atoms with Gasteiger partial charge in [-0.3, -0.25) is 0 Å². The number of pyridine rings is 1. The molecular weight excluding hydrogens is 260 g/mol. The van der Waals surface area contributed by atoms with E-state index in [4.69, 9.17) is 16.3 Å². The second-order valence-corrected chi connectivity index (χ2v) is 4.62. The van der Waals surface area contributed by atoms with Gasteiger partial charge in [-0.2, -0.15) is 0 Å². The van der Waals surface area contributed by atoms with Crippen LogP contribution in [0.4, 0.5) is 5.69 Å². The minimum atomic E-state index is 0.193. The highest BCUT2D eigenvalue weighted by Crippen LogP contribution is 2.21. The molecule has 0 saturated carbocycles. The molecule has 1 aromatic heterocycles. The molecule has 2 aromatic rings. The molecule has 0 aliphatic rings. The SMILES string of the molecule is CCOc1ccc(C(C)Nc2ccc(Cl)nc2)cc1. The lowest BCUT2D eigenvalue weighted by Crippen LogP contribution is -2.06. The summed E-state index contributed by atoms with van der Waals surface area (Å²) in [6.07, 6.45) is 1.73. The maximum atomic E-state index is 5.76. The number of aromatic nitrogens is 1. The first-order chi connectivity index (χ1) is 9.19. The summed E-state index contributed by atoms with van der Waals surface area (Å²) in [5.41, 5.74) is 2.14. The third-order valence-corrected chi connectivity index (χ3v) is 3.03. The van der Waals surface area contributed by atoms with Gasteiger partial charge in [-0.25, -0.2) is 4.98 Å². The van der Waals surface area contributed by atoms with Crippen LogP contribution in [0.15, 0.2) is 42.6 Å². The lowest BCUT2D eigenvalue weighted by molar-refractivity contribution is 0.340. The number of hydrogen-bond donors (Lipinski definition) is 1. The average molecular weight is 277 g/mol. The first-order valence-electron chi connectivity index (χ1n) is 6.30. The van der Waals surface area contributed by atoms with Gasteiger partial charge in [0.2, 0.25) is 0 Å². The second kappa shape index (κ2) is 6.43. The number of halogens is 1. The largest absolute Gasteiger partial charge is 0.494 e. The van der Waals surface area contributed by atoms with E-state index in [1.165, 1.54) is 5.56 Å². The summed E-state index contributed by atoms with van der Waals surface area (Å²) in [4.78, 5) is 4.05. The van der Waals surface area contributed by atoms with Crippen molar-refractivity contribution in [2.45, 2.75) is 19.9 Å². The van der Waals surface area contributed by atoms with Gasteiger partial charge in [-0.15, -0.1) is 0 Å². The van der Waals surface area contributed by atoms with Crippen LogP contribution in [0.25, 0.3) is 0 Å². The highest BCUT2D eigenvalue weighted by molar-refractivity contribution is 6.29. The molecule has 1 aromatic carbocycles. The Morgan fingerprint density at radius 1 is 1.21 bits per heavy atom. The van der Waals surface area contributed by atoms with Crippen LogP contribution in [-0.4, -0.2) is 11.6 Å². The molecule has 19 heavy (non-hydrogen) atoms. The summed E-state index contributed by atoms with van der Waals surface area (Å²) < 4.78 is 5.43. The van der Waals surface area contributed by atoms with Crippen molar-refractivity contribution < 1.29 is 4.74 Å². The van der Waals surface area contributed by atoms with Crippen molar-refractivity contribution in [1.29, 1.82) is 0 Å². The van der Waals surface area contributed by atoms with Gasteiger partial charge in [0, 0.05) is 6.04 Å². The van der Waals surface area contributed by atoms with Crippen molar-refractivity contribution in [2.75, 3.05) is 11.9 Å². The lowest BCUT2D eigenvalue weighted by atomic mass is 10.1. The molecule has 0 saturated heterocycles. The molecule has 0 spiro atoms. The molecule has 1 N–H and O–H groups in total. The first-order valence-corrected chi connectivity index (χ1v) is 6.67. The van der Waals surface area contributed by atoms with Crippen molar-refractivity contribution in [3.8, 4) is 5.75 Å². The molecular formula is C15H17ClN2O. The van der Waals surface area contributed by atoms with Gasteiger partial charge in [-0.1, -0.05) is 23.7 Å². The van der Waals surface area contributed by atoms with Crippen LogP contribution in [0, 0.1) is 0 Å². The second-order valence-electron chi connectivity index (χ2n) is 4.24. The van der Waals surface area contributed by atoms with E-state index in [9.17, 15) is 0 Å². The Balaban J connectivity index is 2.02. The molecule has 0 radical (unpaired) electrons. The number of hydrogen-bond acceptors (Lipinski definition) is 3. The average Bonchev–Trinajstić information content (AvgIpc) is 2.42. The number of ether oxygens (including phenoxy) is 1. The van der Waals surface area contributed by atoms with E-state index in [0.717, 1.165) is 11.4 Å². The van der Waals surface area contributed by atoms with E-state index in [1.54, 1.807) is 12.3 Å². The van der Waals surface area contributed by atoms with Crippen molar-refractivity contribution in [3.63, 3.8) is 0 Å². The Morgan fingerprint density at radius 2 is 1.95 bits per heavy atom. The molecule has 100 valence electrons. The molecule has 1 unspecified atom stereocenters. The number of nitrogens with one attached hydrogen (secondary N) is 1. The van der Waals surface area contributed by atoms with Gasteiger partial charge in [0.25, 0.3) is 0 Å². The van der Waals surface area contributed by atoms with E-state index in [-0.39, 0.29) is 6.04 Å². The van der Waals surface area contributed by atoms with Crippen LogP contribution in [0.5, 0.6) is 5.75 Å². The Kier molecular flexibility index (Phi) is 4.63. The number of nitrogens with zero attached hydrogens (tertiary/aromatic N) is 1. The summed E-state index contributed by atoms with van der Waals surface area (Å²) >= 11 is 5.76. The summed E-state index contributed by atoms with van der Waals surface area (Å²) in [7, 11) is 0. The van der Waals surface area contributed by atoms with Crippen molar-refractivity contribution in [3.05, 3.63) is 53.3 Å². The van der Waals surface area contributed by atoms with Gasteiger partial charge in [-0.05, 0) is 43.7 Å². The number of anilines is 1. The lowest BCUT2D eigenvalue weighted by Gasteiger charge is -2.16. The predicted molar refractivity (Wildman–Crippen MR) is 78.9 cm³/mol. The zero-order valence-electron chi connectivity index (χ0n) is 11.1. The number of rotatable bonds is 5. The Labute approximate surface area is 118 Å². The fourth-order valence-corrected chi connectivity index (χ4v) is 1.93. The highest BCUT2D eigenvalue weighted by Gasteiger charge is 2.05. The normalized spacial score (nSPS) is 11.9. The van der Waals surface area contributed by atoms with E-state index >= 15 is 0 Å². The Bertz CT molecular complexity index is 511. The molecule has 1 atom stereocenters. The zero-order chi connectivity index (χ0) is 13.7. The van der Waals surface area contributed by atoms with Crippen LogP contribution in [0.2, 0.25) is 5.15 Å². The molecule has 4 heteroatoms.